The summed E-state index contributed by atoms with van der Waals surface area (Å²) in [6.45, 7) is 1.75. The smallest absolute Gasteiger partial charge is 0.182 e. The predicted molar refractivity (Wildman–Crippen MR) is 61.6 cm³/mol. The van der Waals surface area contributed by atoms with Crippen LogP contribution in [0.1, 0.15) is 18.5 Å². The Kier molecular flexibility index (Phi) is 3.27. The molecule has 1 heterocycles. The summed E-state index contributed by atoms with van der Waals surface area (Å²) in [4.78, 5) is 0. The zero-order valence-corrected chi connectivity index (χ0v) is 9.92. The number of aromatic nitrogens is 2. The van der Waals surface area contributed by atoms with Crippen molar-refractivity contribution in [3.63, 3.8) is 0 Å². The molecule has 0 saturated carbocycles. The van der Waals surface area contributed by atoms with Crippen LogP contribution in [0.15, 0.2) is 24.5 Å². The summed E-state index contributed by atoms with van der Waals surface area (Å²) in [5, 5.41) is 6.68. The first-order valence-corrected chi connectivity index (χ1v) is 5.37. The molecule has 1 aromatic heterocycles. The van der Waals surface area contributed by atoms with Crippen LogP contribution in [0.25, 0.3) is 0 Å². The van der Waals surface area contributed by atoms with Gasteiger partial charge in [-0.15, -0.1) is 0 Å². The van der Waals surface area contributed by atoms with Crippen molar-refractivity contribution in [3.05, 3.63) is 47.5 Å². The summed E-state index contributed by atoms with van der Waals surface area (Å²) in [7, 11) is 1.75. The van der Waals surface area contributed by atoms with E-state index in [-0.39, 0.29) is 11.7 Å². The summed E-state index contributed by atoms with van der Waals surface area (Å²) in [5.41, 5.74) is 0.588. The first-order valence-electron chi connectivity index (χ1n) is 5.37. The van der Waals surface area contributed by atoms with Gasteiger partial charge in [0.25, 0.3) is 0 Å². The van der Waals surface area contributed by atoms with Crippen LogP contribution in [0.4, 0.5) is 18.9 Å². The van der Waals surface area contributed by atoms with Gasteiger partial charge in [0, 0.05) is 30.9 Å². The standard InChI is InChI=1S/C12H12F3N3/c1-7(8-5-16-18(2)6-8)17-11-4-9(13)3-10(14)12(11)15/h3-7,17H,1-2H3. The molecule has 18 heavy (non-hydrogen) atoms. The number of hydrogen-bond acceptors (Lipinski definition) is 2. The Morgan fingerprint density at radius 1 is 1.28 bits per heavy atom. The topological polar surface area (TPSA) is 29.9 Å². The van der Waals surface area contributed by atoms with Crippen molar-refractivity contribution in [2.75, 3.05) is 5.32 Å². The number of anilines is 1. The van der Waals surface area contributed by atoms with Crippen LogP contribution < -0.4 is 5.32 Å². The molecule has 96 valence electrons. The highest BCUT2D eigenvalue weighted by molar-refractivity contribution is 5.47. The Morgan fingerprint density at radius 2 is 2.00 bits per heavy atom. The third kappa shape index (κ3) is 2.47. The van der Waals surface area contributed by atoms with E-state index in [0.29, 0.717) is 6.07 Å². The Balaban J connectivity index is 2.24. The second kappa shape index (κ2) is 4.72. The third-order valence-corrected chi connectivity index (χ3v) is 2.59. The predicted octanol–water partition coefficient (Wildman–Crippen LogP) is 3.01. The number of halogens is 3. The molecule has 3 nitrogen and oxygen atoms in total. The number of hydrogen-bond donors (Lipinski definition) is 1. The number of benzene rings is 1. The number of aryl methyl sites for hydroxylation is 1. The van der Waals surface area contributed by atoms with Gasteiger partial charge in [-0.2, -0.15) is 5.10 Å². The second-order valence-electron chi connectivity index (χ2n) is 4.06. The van der Waals surface area contributed by atoms with Gasteiger partial charge in [-0.1, -0.05) is 0 Å². The van der Waals surface area contributed by atoms with E-state index in [2.05, 4.69) is 10.4 Å². The van der Waals surface area contributed by atoms with Crippen LogP contribution >= 0.6 is 0 Å². The third-order valence-electron chi connectivity index (χ3n) is 2.59. The molecule has 0 bridgehead atoms. The summed E-state index contributed by atoms with van der Waals surface area (Å²) in [6, 6.07) is 1.12. The van der Waals surface area contributed by atoms with E-state index in [9.17, 15) is 13.2 Å². The van der Waals surface area contributed by atoms with Crippen molar-refractivity contribution in [1.82, 2.24) is 9.78 Å². The molecule has 2 rings (SSSR count). The molecule has 0 saturated heterocycles. The first kappa shape index (κ1) is 12.5. The minimum atomic E-state index is -1.21. The van der Waals surface area contributed by atoms with Gasteiger partial charge in [0.2, 0.25) is 0 Å². The molecule has 1 unspecified atom stereocenters. The number of nitrogens with one attached hydrogen (secondary N) is 1. The van der Waals surface area contributed by atoms with E-state index in [1.807, 2.05) is 0 Å². The summed E-state index contributed by atoms with van der Waals surface area (Å²) in [5.74, 6) is -3.13. The summed E-state index contributed by atoms with van der Waals surface area (Å²) >= 11 is 0. The van der Waals surface area contributed by atoms with Gasteiger partial charge in [-0.3, -0.25) is 4.68 Å². The normalized spacial score (nSPS) is 12.5. The van der Waals surface area contributed by atoms with Crippen LogP contribution in [0, 0.1) is 17.5 Å². The summed E-state index contributed by atoms with van der Waals surface area (Å²) in [6.07, 6.45) is 3.34. The molecule has 0 radical (unpaired) electrons. The van der Waals surface area contributed by atoms with E-state index >= 15 is 0 Å². The molecule has 1 aromatic carbocycles. The highest BCUT2D eigenvalue weighted by Crippen LogP contribution is 2.24. The van der Waals surface area contributed by atoms with Gasteiger partial charge in [-0.05, 0) is 6.92 Å². The van der Waals surface area contributed by atoms with Gasteiger partial charge in [0.15, 0.2) is 11.6 Å². The lowest BCUT2D eigenvalue weighted by Gasteiger charge is -2.14. The van der Waals surface area contributed by atoms with Gasteiger partial charge in [0.05, 0.1) is 17.9 Å². The minimum Gasteiger partial charge on any atom is -0.376 e. The van der Waals surface area contributed by atoms with E-state index in [4.69, 9.17) is 0 Å². The molecule has 2 aromatic rings. The van der Waals surface area contributed by atoms with Crippen molar-refractivity contribution in [1.29, 1.82) is 0 Å². The SMILES string of the molecule is CC(Nc1cc(F)cc(F)c1F)c1cnn(C)c1. The maximum atomic E-state index is 13.4. The fraction of sp³-hybridized carbons (Fsp3) is 0.250. The van der Waals surface area contributed by atoms with Crippen molar-refractivity contribution in [2.24, 2.45) is 7.05 Å². The molecule has 1 N–H and O–H groups in total. The lowest BCUT2D eigenvalue weighted by molar-refractivity contribution is 0.496. The second-order valence-corrected chi connectivity index (χ2v) is 4.06. The van der Waals surface area contributed by atoms with Crippen LogP contribution in [-0.4, -0.2) is 9.78 Å². The Hall–Kier alpha value is -1.98. The molecular formula is C12H12F3N3. The zero-order valence-electron chi connectivity index (χ0n) is 9.92. The zero-order chi connectivity index (χ0) is 13.3. The highest BCUT2D eigenvalue weighted by Gasteiger charge is 2.14. The molecule has 0 amide bonds. The molecule has 0 fully saturated rings. The van der Waals surface area contributed by atoms with E-state index in [1.54, 1.807) is 31.0 Å². The fourth-order valence-electron chi connectivity index (χ4n) is 1.64. The monoisotopic (exact) mass is 255 g/mol. The van der Waals surface area contributed by atoms with Crippen molar-refractivity contribution < 1.29 is 13.2 Å². The fourth-order valence-corrected chi connectivity index (χ4v) is 1.64. The van der Waals surface area contributed by atoms with E-state index in [1.165, 1.54) is 0 Å². The maximum Gasteiger partial charge on any atom is 0.182 e. The first-order chi connectivity index (χ1) is 8.47. The van der Waals surface area contributed by atoms with Crippen molar-refractivity contribution in [3.8, 4) is 0 Å². The number of rotatable bonds is 3. The summed E-state index contributed by atoms with van der Waals surface area (Å²) < 4.78 is 41.1. The van der Waals surface area contributed by atoms with Crippen molar-refractivity contribution in [2.45, 2.75) is 13.0 Å². The van der Waals surface area contributed by atoms with E-state index in [0.717, 1.165) is 11.6 Å². The lowest BCUT2D eigenvalue weighted by Crippen LogP contribution is -2.08. The average Bonchev–Trinajstić information content (AvgIpc) is 2.72. The minimum absolute atomic E-state index is 0.205. The Labute approximate surface area is 102 Å². The van der Waals surface area contributed by atoms with Gasteiger partial charge in [-0.25, -0.2) is 13.2 Å². The molecule has 1 atom stereocenters. The van der Waals surface area contributed by atoms with Gasteiger partial charge < -0.3 is 5.32 Å². The highest BCUT2D eigenvalue weighted by atomic mass is 19.2. The van der Waals surface area contributed by atoms with Crippen molar-refractivity contribution >= 4 is 5.69 Å². The van der Waals surface area contributed by atoms with Crippen LogP contribution in [-0.2, 0) is 7.05 Å². The Morgan fingerprint density at radius 3 is 2.61 bits per heavy atom. The van der Waals surface area contributed by atoms with Gasteiger partial charge >= 0.3 is 0 Å². The Bertz CT molecular complexity index is 566. The number of nitrogens with zero attached hydrogens (tertiary/aromatic N) is 2. The van der Waals surface area contributed by atoms with Crippen LogP contribution in [0.5, 0.6) is 0 Å². The van der Waals surface area contributed by atoms with Crippen LogP contribution in [0.2, 0.25) is 0 Å². The molecule has 0 aliphatic rings. The van der Waals surface area contributed by atoms with Crippen LogP contribution in [0.3, 0.4) is 0 Å². The lowest BCUT2D eigenvalue weighted by atomic mass is 10.1. The molecule has 6 heteroatoms. The molecule has 0 spiro atoms. The molecule has 0 aliphatic heterocycles. The molecular weight excluding hydrogens is 243 g/mol. The quantitative estimate of drug-likeness (QED) is 0.854. The largest absolute Gasteiger partial charge is 0.376 e. The van der Waals surface area contributed by atoms with E-state index < -0.39 is 17.5 Å². The molecule has 0 aliphatic carbocycles. The average molecular weight is 255 g/mol. The maximum absolute atomic E-state index is 13.4. The van der Waals surface area contributed by atoms with Gasteiger partial charge in [0.1, 0.15) is 5.82 Å².